The van der Waals surface area contributed by atoms with Crippen LogP contribution in [0.5, 0.6) is 0 Å². The maximum Gasteiger partial charge on any atom is 0.262 e. The minimum atomic E-state index is -0.753. The number of aliphatic hydroxyl groups excluding tert-OH is 2. The summed E-state index contributed by atoms with van der Waals surface area (Å²) in [5, 5.41) is 22.7. The Kier molecular flexibility index (Phi) is 4.95. The Morgan fingerprint density at radius 3 is 2.96 bits per heavy atom. The van der Waals surface area contributed by atoms with E-state index in [2.05, 4.69) is 45.1 Å². The molecule has 2 aromatic rings. The summed E-state index contributed by atoms with van der Waals surface area (Å²) < 4.78 is 8.00. The van der Waals surface area contributed by atoms with Gasteiger partial charge in [-0.05, 0) is 21.8 Å². The number of fused-ring (bicyclic) bond motifs is 1. The highest BCUT2D eigenvalue weighted by atomic mass is 79.9. The number of nitrogens with zero attached hydrogens (tertiary/aromatic N) is 2. The lowest BCUT2D eigenvalue weighted by Gasteiger charge is -2.15. The number of nitrogens with one attached hydrogen (secondary N) is 2. The van der Waals surface area contributed by atoms with Crippen molar-refractivity contribution < 1.29 is 14.9 Å². The fourth-order valence-corrected chi connectivity index (χ4v) is 3.34. The monoisotopic (exact) mass is 400 g/mol. The largest absolute Gasteiger partial charge is 0.394 e. The molecule has 0 amide bonds. The van der Waals surface area contributed by atoms with Gasteiger partial charge in [0.1, 0.15) is 12.3 Å². The minimum Gasteiger partial charge on any atom is -0.394 e. The molecule has 1 aliphatic heterocycles. The maximum absolute atomic E-state index is 12.4. The zero-order valence-electron chi connectivity index (χ0n) is 13.5. The quantitative estimate of drug-likeness (QED) is 0.599. The van der Waals surface area contributed by atoms with E-state index >= 15 is 0 Å². The molecular formula is C15H21BrN4O4. The highest BCUT2D eigenvalue weighted by Gasteiger charge is 2.35. The van der Waals surface area contributed by atoms with Crippen molar-refractivity contribution in [3.05, 3.63) is 21.0 Å². The molecule has 8 nitrogen and oxygen atoms in total. The van der Waals surface area contributed by atoms with Gasteiger partial charge >= 0.3 is 0 Å². The number of aliphatic hydroxyl groups is 2. The molecule has 1 aliphatic rings. The van der Waals surface area contributed by atoms with Gasteiger partial charge in [0.25, 0.3) is 5.56 Å². The third-order valence-corrected chi connectivity index (χ3v) is 4.61. The van der Waals surface area contributed by atoms with Gasteiger partial charge in [-0.1, -0.05) is 13.8 Å². The molecule has 0 saturated carbocycles. The first-order chi connectivity index (χ1) is 11.4. The fourth-order valence-electron chi connectivity index (χ4n) is 2.77. The van der Waals surface area contributed by atoms with Gasteiger partial charge in [0.2, 0.25) is 5.95 Å². The van der Waals surface area contributed by atoms with E-state index in [-0.39, 0.29) is 12.2 Å². The second-order valence-corrected chi connectivity index (χ2v) is 7.24. The fraction of sp³-hybridized carbons (Fsp3) is 0.600. The zero-order chi connectivity index (χ0) is 17.4. The van der Waals surface area contributed by atoms with Crippen LogP contribution in [0.15, 0.2) is 15.5 Å². The van der Waals surface area contributed by atoms with E-state index in [1.807, 2.05) is 0 Å². The van der Waals surface area contributed by atoms with E-state index in [1.165, 1.54) is 0 Å². The second kappa shape index (κ2) is 6.83. The summed E-state index contributed by atoms with van der Waals surface area (Å²) in [6.45, 7) is 4.55. The predicted molar refractivity (Wildman–Crippen MR) is 93.0 cm³/mol. The number of hydrogen-bond donors (Lipinski definition) is 4. The summed E-state index contributed by atoms with van der Waals surface area (Å²) in [6.07, 6.45) is 0.169. The van der Waals surface area contributed by atoms with Crippen LogP contribution in [0.2, 0.25) is 0 Å². The van der Waals surface area contributed by atoms with Gasteiger partial charge in [0.15, 0.2) is 5.65 Å². The molecule has 3 heterocycles. The van der Waals surface area contributed by atoms with E-state index < -0.39 is 18.4 Å². The molecule has 9 heteroatoms. The Bertz CT molecular complexity index is 788. The summed E-state index contributed by atoms with van der Waals surface area (Å²) in [5.74, 6) is 0.799. The van der Waals surface area contributed by atoms with Crippen molar-refractivity contribution in [3.8, 4) is 0 Å². The number of ether oxygens (including phenoxy) is 1. The van der Waals surface area contributed by atoms with Crippen LogP contribution in [0.1, 0.15) is 26.5 Å². The van der Waals surface area contributed by atoms with Crippen molar-refractivity contribution >= 4 is 32.9 Å². The summed E-state index contributed by atoms with van der Waals surface area (Å²) in [7, 11) is 0. The van der Waals surface area contributed by atoms with Crippen LogP contribution in [-0.4, -0.2) is 50.1 Å². The highest BCUT2D eigenvalue weighted by molar-refractivity contribution is 9.10. The number of H-pyrrole nitrogens is 1. The van der Waals surface area contributed by atoms with Gasteiger partial charge in [-0.15, -0.1) is 0 Å². The molecule has 3 rings (SSSR count). The molecule has 0 aliphatic carbocycles. The first-order valence-electron chi connectivity index (χ1n) is 7.89. The van der Waals surface area contributed by atoms with E-state index in [4.69, 9.17) is 4.74 Å². The van der Waals surface area contributed by atoms with Crippen LogP contribution in [0.4, 0.5) is 5.95 Å². The van der Waals surface area contributed by atoms with Gasteiger partial charge in [-0.25, -0.2) is 0 Å². The van der Waals surface area contributed by atoms with Gasteiger partial charge in [-0.2, -0.15) is 4.98 Å². The lowest BCUT2D eigenvalue weighted by atomic mass is 10.2. The molecule has 0 aromatic carbocycles. The molecule has 4 N–H and O–H groups in total. The van der Waals surface area contributed by atoms with Crippen molar-refractivity contribution in [2.24, 2.45) is 5.92 Å². The number of aromatic amines is 1. The first-order valence-corrected chi connectivity index (χ1v) is 8.68. The predicted octanol–water partition coefficient (Wildman–Crippen LogP) is 1.20. The molecule has 2 aromatic heterocycles. The molecule has 3 atom stereocenters. The summed E-state index contributed by atoms with van der Waals surface area (Å²) in [4.78, 5) is 19.6. The van der Waals surface area contributed by atoms with Crippen LogP contribution in [0, 0.1) is 5.92 Å². The van der Waals surface area contributed by atoms with Gasteiger partial charge in [0.05, 0.1) is 22.6 Å². The third kappa shape index (κ3) is 3.21. The number of hydrogen-bond acceptors (Lipinski definition) is 6. The lowest BCUT2D eigenvalue weighted by molar-refractivity contribution is -0.0430. The SMILES string of the molecule is CC(C)CNc1nc2c(c(Br)cn2[C@H]2C[C@H](O)[C@@H](CO)O2)c(=O)[nH]1. The van der Waals surface area contributed by atoms with E-state index in [0.29, 0.717) is 40.3 Å². The van der Waals surface area contributed by atoms with Crippen LogP contribution < -0.4 is 10.9 Å². The molecule has 132 valence electrons. The number of rotatable bonds is 5. The average molecular weight is 401 g/mol. The van der Waals surface area contributed by atoms with Crippen LogP contribution in [0.3, 0.4) is 0 Å². The van der Waals surface area contributed by atoms with Crippen molar-refractivity contribution in [3.63, 3.8) is 0 Å². The topological polar surface area (TPSA) is 112 Å². The second-order valence-electron chi connectivity index (χ2n) is 6.39. The Labute approximate surface area is 147 Å². The Hall–Kier alpha value is -1.42. The summed E-state index contributed by atoms with van der Waals surface area (Å²) in [5.41, 5.74) is 0.210. The first kappa shape index (κ1) is 17.4. The Balaban J connectivity index is 2.01. The Morgan fingerprint density at radius 1 is 1.58 bits per heavy atom. The van der Waals surface area contributed by atoms with E-state index in [9.17, 15) is 15.0 Å². The van der Waals surface area contributed by atoms with Gasteiger partial charge in [-0.3, -0.25) is 9.78 Å². The van der Waals surface area contributed by atoms with Crippen molar-refractivity contribution in [1.82, 2.24) is 14.5 Å². The number of aromatic nitrogens is 3. The Morgan fingerprint density at radius 2 is 2.33 bits per heavy atom. The standard InChI is InChI=1S/C15H21BrN4O4/c1-7(2)4-17-15-18-13-12(14(23)19-15)8(16)5-20(13)11-3-9(22)10(6-21)24-11/h5,7,9-11,21-22H,3-4,6H2,1-2H3,(H2,17,18,19,23)/t9-,10+,11+/m0/s1. The van der Waals surface area contributed by atoms with Gasteiger partial charge < -0.3 is 24.8 Å². The number of anilines is 1. The maximum atomic E-state index is 12.4. The molecule has 0 unspecified atom stereocenters. The zero-order valence-corrected chi connectivity index (χ0v) is 15.1. The van der Waals surface area contributed by atoms with Crippen LogP contribution >= 0.6 is 15.9 Å². The van der Waals surface area contributed by atoms with Crippen molar-refractivity contribution in [1.29, 1.82) is 0 Å². The molecule has 24 heavy (non-hydrogen) atoms. The smallest absolute Gasteiger partial charge is 0.262 e. The molecule has 0 radical (unpaired) electrons. The van der Waals surface area contributed by atoms with E-state index in [0.717, 1.165) is 0 Å². The molecule has 0 spiro atoms. The van der Waals surface area contributed by atoms with Crippen molar-refractivity contribution in [2.45, 2.75) is 38.7 Å². The molecule has 1 fully saturated rings. The van der Waals surface area contributed by atoms with Crippen molar-refractivity contribution in [2.75, 3.05) is 18.5 Å². The third-order valence-electron chi connectivity index (χ3n) is 4.01. The average Bonchev–Trinajstić information content (AvgIpc) is 3.05. The summed E-state index contributed by atoms with van der Waals surface area (Å²) in [6, 6.07) is 0. The molecular weight excluding hydrogens is 380 g/mol. The van der Waals surface area contributed by atoms with Crippen LogP contribution in [0.25, 0.3) is 11.0 Å². The number of halogens is 1. The highest BCUT2D eigenvalue weighted by Crippen LogP contribution is 2.33. The lowest BCUT2D eigenvalue weighted by Crippen LogP contribution is -2.24. The molecule has 0 bridgehead atoms. The minimum absolute atomic E-state index is 0.255. The van der Waals surface area contributed by atoms with E-state index in [1.54, 1.807) is 10.8 Å². The van der Waals surface area contributed by atoms with Gasteiger partial charge in [0, 0.05) is 19.2 Å². The molecule has 1 saturated heterocycles. The normalized spacial score (nSPS) is 24.2. The van der Waals surface area contributed by atoms with Crippen LogP contribution in [-0.2, 0) is 4.74 Å². The summed E-state index contributed by atoms with van der Waals surface area (Å²) >= 11 is 3.38.